The minimum atomic E-state index is -3.73. The highest BCUT2D eigenvalue weighted by Crippen LogP contribution is 2.30. The fourth-order valence-corrected chi connectivity index (χ4v) is 3.31. The molecule has 0 amide bonds. The van der Waals surface area contributed by atoms with E-state index in [1.807, 2.05) is 30.3 Å². The smallest absolute Gasteiger partial charge is 0.276 e. The summed E-state index contributed by atoms with van der Waals surface area (Å²) in [6, 6.07) is 23.1. The summed E-state index contributed by atoms with van der Waals surface area (Å²) < 4.78 is 35.8. The maximum Gasteiger partial charge on any atom is 0.276 e. The van der Waals surface area contributed by atoms with Crippen LogP contribution in [0.25, 0.3) is 0 Å². The lowest BCUT2D eigenvalue weighted by atomic mass is 10.2. The highest BCUT2D eigenvalue weighted by atomic mass is 32.2. The van der Waals surface area contributed by atoms with Crippen LogP contribution in [0.1, 0.15) is 11.1 Å². The Balaban J connectivity index is 1.78. The molecule has 0 aliphatic carbocycles. The van der Waals surface area contributed by atoms with Gasteiger partial charge in [0.15, 0.2) is 11.5 Å². The van der Waals surface area contributed by atoms with Crippen LogP contribution in [-0.4, -0.2) is 21.7 Å². The number of ether oxygens (including phenoxy) is 2. The molecule has 1 N–H and O–H groups in total. The van der Waals surface area contributed by atoms with Gasteiger partial charge >= 0.3 is 0 Å². The molecule has 3 aromatic carbocycles. The summed E-state index contributed by atoms with van der Waals surface area (Å²) in [4.78, 5) is 2.34. The summed E-state index contributed by atoms with van der Waals surface area (Å²) >= 11 is 0. The Labute approximate surface area is 164 Å². The minimum absolute atomic E-state index is 0.137. The summed E-state index contributed by atoms with van der Waals surface area (Å²) in [7, 11) is -2.19. The van der Waals surface area contributed by atoms with E-state index in [0.29, 0.717) is 23.7 Å². The molecule has 28 heavy (non-hydrogen) atoms. The second kappa shape index (κ2) is 9.05. The first-order valence-corrected chi connectivity index (χ1v) is 10.0. The second-order valence-corrected chi connectivity index (χ2v) is 7.48. The first kappa shape index (κ1) is 19.4. The van der Waals surface area contributed by atoms with Crippen LogP contribution in [-0.2, 0) is 16.6 Å². The number of para-hydroxylation sites is 1. The van der Waals surface area contributed by atoms with Crippen LogP contribution in [0.2, 0.25) is 0 Å². The lowest BCUT2D eigenvalue weighted by Gasteiger charge is -2.13. The Hall–Kier alpha value is -3.32. The number of rotatable bonds is 8. The first-order valence-electron chi connectivity index (χ1n) is 8.54. The monoisotopic (exact) mass is 396 g/mol. The van der Waals surface area contributed by atoms with Crippen LogP contribution in [0.3, 0.4) is 0 Å². The van der Waals surface area contributed by atoms with E-state index in [-0.39, 0.29) is 4.90 Å². The molecule has 0 bridgehead atoms. The maximum atomic E-state index is 12.3. The molecule has 144 valence electrons. The average Bonchev–Trinajstić information content (AvgIpc) is 2.74. The third-order valence-electron chi connectivity index (χ3n) is 3.89. The molecule has 6 nitrogen and oxygen atoms in total. The van der Waals surface area contributed by atoms with Crippen molar-refractivity contribution in [3.05, 3.63) is 90.0 Å². The molecule has 0 aliphatic heterocycles. The molecule has 0 atom stereocenters. The van der Waals surface area contributed by atoms with E-state index >= 15 is 0 Å². The van der Waals surface area contributed by atoms with E-state index in [4.69, 9.17) is 9.47 Å². The zero-order chi connectivity index (χ0) is 19.8. The molecule has 0 heterocycles. The quantitative estimate of drug-likeness (QED) is 0.466. The van der Waals surface area contributed by atoms with Crippen molar-refractivity contribution in [1.29, 1.82) is 0 Å². The van der Waals surface area contributed by atoms with Gasteiger partial charge in [-0.2, -0.15) is 13.5 Å². The summed E-state index contributed by atoms with van der Waals surface area (Å²) in [5.74, 6) is 1.02. The van der Waals surface area contributed by atoms with Crippen molar-refractivity contribution in [3.8, 4) is 11.5 Å². The van der Waals surface area contributed by atoms with Crippen LogP contribution in [0.4, 0.5) is 0 Å². The van der Waals surface area contributed by atoms with Crippen LogP contribution in [0.15, 0.2) is 88.9 Å². The standard InChI is InChI=1S/C21H20N2O4S/c1-26-20-14-8-11-18(21(20)27-16-17-9-4-2-5-10-17)15-22-23-28(24,25)19-12-6-3-7-13-19/h2-15,23H,16H2,1H3/b22-15+. The summed E-state index contributed by atoms with van der Waals surface area (Å²) in [5.41, 5.74) is 1.59. The molecule has 0 aromatic heterocycles. The van der Waals surface area contributed by atoms with Gasteiger partial charge in [-0.15, -0.1) is 0 Å². The van der Waals surface area contributed by atoms with Gasteiger partial charge in [0.1, 0.15) is 6.61 Å². The average molecular weight is 396 g/mol. The van der Waals surface area contributed by atoms with Crippen LogP contribution < -0.4 is 14.3 Å². The third kappa shape index (κ3) is 4.89. The molecule has 0 saturated carbocycles. The largest absolute Gasteiger partial charge is 0.493 e. The molecular formula is C21H20N2O4S. The van der Waals surface area contributed by atoms with Crippen LogP contribution in [0, 0.1) is 0 Å². The Morgan fingerprint density at radius 2 is 1.61 bits per heavy atom. The molecule has 0 fully saturated rings. The van der Waals surface area contributed by atoms with Crippen molar-refractivity contribution in [3.63, 3.8) is 0 Å². The highest BCUT2D eigenvalue weighted by Gasteiger charge is 2.13. The van der Waals surface area contributed by atoms with Crippen molar-refractivity contribution in [2.24, 2.45) is 5.10 Å². The topological polar surface area (TPSA) is 77.0 Å². The molecule has 0 aliphatic rings. The number of nitrogens with one attached hydrogen (secondary N) is 1. The van der Waals surface area contributed by atoms with Gasteiger partial charge in [0.2, 0.25) is 0 Å². The van der Waals surface area contributed by atoms with Gasteiger partial charge in [-0.05, 0) is 29.8 Å². The Morgan fingerprint density at radius 3 is 2.29 bits per heavy atom. The minimum Gasteiger partial charge on any atom is -0.493 e. The number of benzene rings is 3. The number of hydrogen-bond acceptors (Lipinski definition) is 5. The van der Waals surface area contributed by atoms with Gasteiger partial charge in [0.25, 0.3) is 10.0 Å². The lowest BCUT2D eigenvalue weighted by molar-refractivity contribution is 0.284. The van der Waals surface area contributed by atoms with Crippen LogP contribution >= 0.6 is 0 Å². The Bertz CT molecular complexity index is 1040. The van der Waals surface area contributed by atoms with E-state index in [2.05, 4.69) is 9.93 Å². The van der Waals surface area contributed by atoms with E-state index in [9.17, 15) is 8.42 Å². The fourth-order valence-electron chi connectivity index (χ4n) is 2.50. The van der Waals surface area contributed by atoms with Crippen LogP contribution in [0.5, 0.6) is 11.5 Å². The van der Waals surface area contributed by atoms with E-state index in [1.165, 1.54) is 18.3 Å². The molecule has 3 aromatic rings. The molecule has 0 spiro atoms. The summed E-state index contributed by atoms with van der Waals surface area (Å²) in [5, 5.41) is 3.88. The number of hydrazone groups is 1. The Kier molecular flexibility index (Phi) is 6.29. The van der Waals surface area contributed by atoms with Gasteiger partial charge < -0.3 is 9.47 Å². The molecule has 0 unspecified atom stereocenters. The van der Waals surface area contributed by atoms with Gasteiger partial charge in [-0.1, -0.05) is 54.6 Å². The number of methoxy groups -OCH3 is 1. The highest BCUT2D eigenvalue weighted by molar-refractivity contribution is 7.89. The predicted molar refractivity (Wildman–Crippen MR) is 108 cm³/mol. The summed E-state index contributed by atoms with van der Waals surface area (Å²) in [6.45, 7) is 0.345. The molecule has 0 radical (unpaired) electrons. The zero-order valence-electron chi connectivity index (χ0n) is 15.3. The zero-order valence-corrected chi connectivity index (χ0v) is 16.1. The second-order valence-electron chi connectivity index (χ2n) is 5.82. The van der Waals surface area contributed by atoms with E-state index < -0.39 is 10.0 Å². The van der Waals surface area contributed by atoms with Crippen molar-refractivity contribution in [1.82, 2.24) is 4.83 Å². The van der Waals surface area contributed by atoms with E-state index in [0.717, 1.165) is 5.56 Å². The maximum absolute atomic E-state index is 12.3. The summed E-state index contributed by atoms with van der Waals surface area (Å²) in [6.07, 6.45) is 1.39. The normalized spacial score (nSPS) is 11.3. The predicted octanol–water partition coefficient (Wildman–Crippen LogP) is 3.59. The first-order chi connectivity index (χ1) is 13.6. The van der Waals surface area contributed by atoms with Crippen molar-refractivity contribution in [2.45, 2.75) is 11.5 Å². The van der Waals surface area contributed by atoms with Gasteiger partial charge in [0, 0.05) is 5.56 Å². The van der Waals surface area contributed by atoms with Crippen molar-refractivity contribution in [2.75, 3.05) is 7.11 Å². The fraction of sp³-hybridized carbons (Fsp3) is 0.0952. The number of sulfonamides is 1. The molecular weight excluding hydrogens is 376 g/mol. The van der Waals surface area contributed by atoms with Crippen molar-refractivity contribution >= 4 is 16.2 Å². The Morgan fingerprint density at radius 1 is 0.929 bits per heavy atom. The van der Waals surface area contributed by atoms with Gasteiger partial charge in [0.05, 0.1) is 18.2 Å². The van der Waals surface area contributed by atoms with Crippen molar-refractivity contribution < 1.29 is 17.9 Å². The van der Waals surface area contributed by atoms with E-state index in [1.54, 1.807) is 43.5 Å². The van der Waals surface area contributed by atoms with Gasteiger partial charge in [-0.25, -0.2) is 4.83 Å². The lowest BCUT2D eigenvalue weighted by Crippen LogP contribution is -2.18. The molecule has 3 rings (SSSR count). The third-order valence-corrected chi connectivity index (χ3v) is 5.12. The molecule has 0 saturated heterocycles. The number of nitrogens with zero attached hydrogens (tertiary/aromatic N) is 1. The van der Waals surface area contributed by atoms with Gasteiger partial charge in [-0.3, -0.25) is 0 Å². The number of hydrogen-bond donors (Lipinski definition) is 1. The SMILES string of the molecule is COc1cccc(/C=N/NS(=O)(=O)c2ccccc2)c1OCc1ccccc1. The molecule has 7 heteroatoms.